The summed E-state index contributed by atoms with van der Waals surface area (Å²) in [4.78, 5) is 26.7. The molecule has 0 N–H and O–H groups in total. The molecule has 1 heterocycles. The van der Waals surface area contributed by atoms with Gasteiger partial charge in [0.2, 0.25) is 5.75 Å². The number of ether oxygens (including phenoxy) is 3. The van der Waals surface area contributed by atoms with Crippen molar-refractivity contribution in [3.63, 3.8) is 0 Å². The van der Waals surface area contributed by atoms with E-state index < -0.39 is 0 Å². The van der Waals surface area contributed by atoms with Crippen LogP contribution in [-0.4, -0.2) is 37.4 Å². The van der Waals surface area contributed by atoms with Crippen LogP contribution >= 0.6 is 11.8 Å². The first-order valence-corrected chi connectivity index (χ1v) is 9.39. The van der Waals surface area contributed by atoms with E-state index in [1.807, 2.05) is 31.2 Å². The lowest BCUT2D eigenvalue weighted by atomic mass is 10.1. The van der Waals surface area contributed by atoms with Crippen molar-refractivity contribution < 1.29 is 23.8 Å². The zero-order valence-corrected chi connectivity index (χ0v) is 17.0. The monoisotopic (exact) mass is 399 g/mol. The van der Waals surface area contributed by atoms with Crippen molar-refractivity contribution in [2.24, 2.45) is 0 Å². The van der Waals surface area contributed by atoms with Crippen LogP contribution in [0.3, 0.4) is 0 Å². The van der Waals surface area contributed by atoms with E-state index in [4.69, 9.17) is 14.2 Å². The second-order valence-corrected chi connectivity index (χ2v) is 7.21. The van der Waals surface area contributed by atoms with Gasteiger partial charge in [-0.25, -0.2) is 0 Å². The average molecular weight is 399 g/mol. The molecule has 0 spiro atoms. The van der Waals surface area contributed by atoms with E-state index in [0.29, 0.717) is 27.7 Å². The van der Waals surface area contributed by atoms with Crippen LogP contribution in [-0.2, 0) is 11.3 Å². The number of aryl methyl sites for hydroxylation is 1. The summed E-state index contributed by atoms with van der Waals surface area (Å²) in [7, 11) is 4.57. The van der Waals surface area contributed by atoms with Crippen LogP contribution in [0.5, 0.6) is 17.2 Å². The second kappa shape index (κ2) is 8.39. The van der Waals surface area contributed by atoms with Crippen molar-refractivity contribution in [1.29, 1.82) is 0 Å². The molecule has 0 aliphatic carbocycles. The quantitative estimate of drug-likeness (QED) is 0.677. The van der Waals surface area contributed by atoms with E-state index in [9.17, 15) is 9.59 Å². The van der Waals surface area contributed by atoms with E-state index >= 15 is 0 Å². The number of rotatable bonds is 6. The van der Waals surface area contributed by atoms with Crippen LogP contribution in [0.1, 0.15) is 16.7 Å². The van der Waals surface area contributed by atoms with Crippen molar-refractivity contribution in [3.05, 3.63) is 58.0 Å². The summed E-state index contributed by atoms with van der Waals surface area (Å²) >= 11 is 0.922. The summed E-state index contributed by atoms with van der Waals surface area (Å²) in [6.45, 7) is 2.24. The summed E-state index contributed by atoms with van der Waals surface area (Å²) in [6.07, 6.45) is 1.66. The van der Waals surface area contributed by atoms with Gasteiger partial charge in [0.15, 0.2) is 11.5 Å². The van der Waals surface area contributed by atoms with Crippen LogP contribution < -0.4 is 14.2 Å². The highest BCUT2D eigenvalue weighted by molar-refractivity contribution is 8.18. The maximum atomic E-state index is 12.8. The van der Waals surface area contributed by atoms with E-state index in [2.05, 4.69) is 0 Å². The number of thioether (sulfide) groups is 1. The first-order valence-electron chi connectivity index (χ1n) is 8.57. The molecule has 0 aromatic heterocycles. The first-order chi connectivity index (χ1) is 13.5. The summed E-state index contributed by atoms with van der Waals surface area (Å²) in [5.41, 5.74) is 2.71. The van der Waals surface area contributed by atoms with Crippen molar-refractivity contribution in [2.45, 2.75) is 13.5 Å². The van der Waals surface area contributed by atoms with Gasteiger partial charge in [0.25, 0.3) is 11.1 Å². The maximum Gasteiger partial charge on any atom is 0.293 e. The van der Waals surface area contributed by atoms with Gasteiger partial charge in [-0.3, -0.25) is 14.5 Å². The molecule has 0 radical (unpaired) electrons. The Morgan fingerprint density at radius 2 is 1.57 bits per heavy atom. The Balaban J connectivity index is 1.88. The predicted molar refractivity (Wildman–Crippen MR) is 109 cm³/mol. The highest BCUT2D eigenvalue weighted by Crippen LogP contribution is 2.40. The van der Waals surface area contributed by atoms with Gasteiger partial charge in [-0.2, -0.15) is 0 Å². The van der Waals surface area contributed by atoms with Crippen molar-refractivity contribution in [2.75, 3.05) is 21.3 Å². The Bertz CT molecular complexity index is 911. The third kappa shape index (κ3) is 3.99. The number of carbonyl (C=O) groups excluding carboxylic acids is 2. The van der Waals surface area contributed by atoms with Crippen molar-refractivity contribution >= 4 is 29.0 Å². The van der Waals surface area contributed by atoms with E-state index in [1.165, 1.54) is 26.2 Å². The van der Waals surface area contributed by atoms with Crippen LogP contribution in [0.4, 0.5) is 4.79 Å². The summed E-state index contributed by atoms with van der Waals surface area (Å²) in [5.74, 6) is 1.11. The number of carbonyl (C=O) groups is 2. The molecule has 146 valence electrons. The molecule has 2 aromatic rings. The molecule has 28 heavy (non-hydrogen) atoms. The van der Waals surface area contributed by atoms with Gasteiger partial charge in [0.1, 0.15) is 0 Å². The molecule has 1 fully saturated rings. The van der Waals surface area contributed by atoms with Crippen molar-refractivity contribution in [3.8, 4) is 17.2 Å². The maximum absolute atomic E-state index is 12.8. The molecule has 1 aliphatic heterocycles. The third-order valence-electron chi connectivity index (χ3n) is 4.32. The summed E-state index contributed by atoms with van der Waals surface area (Å²) < 4.78 is 16.0. The largest absolute Gasteiger partial charge is 0.493 e. The summed E-state index contributed by atoms with van der Waals surface area (Å²) in [5, 5.41) is -0.288. The van der Waals surface area contributed by atoms with Crippen molar-refractivity contribution in [1.82, 2.24) is 4.90 Å². The fourth-order valence-corrected chi connectivity index (χ4v) is 3.69. The number of hydrogen-bond acceptors (Lipinski definition) is 6. The Kier molecular flexibility index (Phi) is 5.94. The van der Waals surface area contributed by atoms with Gasteiger partial charge in [-0.15, -0.1) is 0 Å². The normalized spacial score (nSPS) is 15.3. The van der Waals surface area contributed by atoms with Crippen LogP contribution in [0, 0.1) is 6.92 Å². The SMILES string of the molecule is COc1cc(/C=C2/SC(=O)N(Cc3ccc(C)cc3)C2=O)cc(OC)c1OC. The summed E-state index contributed by atoms with van der Waals surface area (Å²) in [6, 6.07) is 11.2. The van der Waals surface area contributed by atoms with E-state index in [1.54, 1.807) is 18.2 Å². The Morgan fingerprint density at radius 3 is 2.11 bits per heavy atom. The Labute approximate surface area is 168 Å². The number of amides is 2. The lowest BCUT2D eigenvalue weighted by Gasteiger charge is -2.13. The molecule has 0 bridgehead atoms. The molecule has 7 heteroatoms. The molecule has 0 saturated carbocycles. The number of hydrogen-bond donors (Lipinski definition) is 0. The standard InChI is InChI=1S/C21H21NO5S/c1-13-5-7-14(8-6-13)12-22-20(23)18(28-21(22)24)11-15-9-16(25-2)19(27-4)17(10-15)26-3/h5-11H,12H2,1-4H3/b18-11+. The fraction of sp³-hybridized carbons (Fsp3) is 0.238. The fourth-order valence-electron chi connectivity index (χ4n) is 2.85. The molecule has 2 aromatic carbocycles. The number of imide groups is 1. The highest BCUT2D eigenvalue weighted by Gasteiger charge is 2.35. The number of methoxy groups -OCH3 is 3. The van der Waals surface area contributed by atoms with Gasteiger partial charge in [0.05, 0.1) is 32.8 Å². The van der Waals surface area contributed by atoms with E-state index in [-0.39, 0.29) is 17.7 Å². The van der Waals surface area contributed by atoms with E-state index in [0.717, 1.165) is 22.9 Å². The molecule has 6 nitrogen and oxygen atoms in total. The van der Waals surface area contributed by atoms with Gasteiger partial charge in [-0.05, 0) is 48.0 Å². The Hall–Kier alpha value is -2.93. The number of nitrogens with zero attached hydrogens (tertiary/aromatic N) is 1. The Morgan fingerprint density at radius 1 is 0.964 bits per heavy atom. The van der Waals surface area contributed by atoms with Gasteiger partial charge in [0, 0.05) is 0 Å². The molecular formula is C21H21NO5S. The van der Waals surface area contributed by atoms with Crippen LogP contribution in [0.25, 0.3) is 6.08 Å². The molecule has 1 aliphatic rings. The minimum atomic E-state index is -0.315. The zero-order valence-electron chi connectivity index (χ0n) is 16.1. The third-order valence-corrected chi connectivity index (χ3v) is 5.23. The van der Waals surface area contributed by atoms with Gasteiger partial charge < -0.3 is 14.2 Å². The van der Waals surface area contributed by atoms with Gasteiger partial charge >= 0.3 is 0 Å². The molecule has 2 amide bonds. The minimum Gasteiger partial charge on any atom is -0.493 e. The van der Waals surface area contributed by atoms with Crippen LogP contribution in [0.15, 0.2) is 41.3 Å². The molecule has 3 rings (SSSR count). The van der Waals surface area contributed by atoms with Crippen LogP contribution in [0.2, 0.25) is 0 Å². The smallest absolute Gasteiger partial charge is 0.293 e. The predicted octanol–water partition coefficient (Wildman–Crippen LogP) is 4.26. The number of benzene rings is 2. The highest BCUT2D eigenvalue weighted by atomic mass is 32.2. The lowest BCUT2D eigenvalue weighted by molar-refractivity contribution is -0.123. The minimum absolute atomic E-state index is 0.248. The molecule has 0 unspecified atom stereocenters. The molecule has 1 saturated heterocycles. The average Bonchev–Trinajstić information content (AvgIpc) is 2.96. The van der Waals surface area contributed by atoms with Gasteiger partial charge in [-0.1, -0.05) is 29.8 Å². The topological polar surface area (TPSA) is 65.1 Å². The lowest BCUT2D eigenvalue weighted by Crippen LogP contribution is -2.27. The zero-order chi connectivity index (χ0) is 20.3. The second-order valence-electron chi connectivity index (χ2n) is 6.21. The molecular weight excluding hydrogens is 378 g/mol. The first kappa shape index (κ1) is 19.8. The molecule has 0 atom stereocenters.